The first-order chi connectivity index (χ1) is 14.1. The van der Waals surface area contributed by atoms with E-state index in [2.05, 4.69) is 10.3 Å². The summed E-state index contributed by atoms with van der Waals surface area (Å²) in [5.41, 5.74) is 2.93. The van der Waals surface area contributed by atoms with E-state index in [4.69, 9.17) is 9.47 Å². The third kappa shape index (κ3) is 4.34. The number of rotatable bonds is 7. The van der Waals surface area contributed by atoms with Crippen molar-refractivity contribution in [3.05, 3.63) is 59.8 Å². The molecule has 2 N–H and O–H groups in total. The van der Waals surface area contributed by atoms with E-state index in [-0.39, 0.29) is 18.6 Å². The van der Waals surface area contributed by atoms with E-state index in [1.807, 2.05) is 48.7 Å². The van der Waals surface area contributed by atoms with Gasteiger partial charge in [0, 0.05) is 43.7 Å². The van der Waals surface area contributed by atoms with Gasteiger partial charge in [-0.05, 0) is 29.3 Å². The molecule has 0 atom stereocenters. The van der Waals surface area contributed by atoms with E-state index >= 15 is 0 Å². The zero-order valence-electron chi connectivity index (χ0n) is 16.2. The molecule has 2 amide bonds. The van der Waals surface area contributed by atoms with Crippen LogP contribution in [0.25, 0.3) is 10.9 Å². The molecular weight excluding hydrogens is 370 g/mol. The van der Waals surface area contributed by atoms with Gasteiger partial charge in [0.2, 0.25) is 18.6 Å². The minimum Gasteiger partial charge on any atom is -0.454 e. The maximum atomic E-state index is 12.3. The number of benzene rings is 2. The van der Waals surface area contributed by atoms with Crippen molar-refractivity contribution in [1.82, 2.24) is 15.2 Å². The van der Waals surface area contributed by atoms with Crippen molar-refractivity contribution in [1.29, 1.82) is 0 Å². The Balaban J connectivity index is 1.30. The molecule has 0 fully saturated rings. The van der Waals surface area contributed by atoms with Crippen LogP contribution in [0.3, 0.4) is 0 Å². The molecule has 7 nitrogen and oxygen atoms in total. The maximum absolute atomic E-state index is 12.3. The number of ether oxygens (including phenoxy) is 2. The first kappa shape index (κ1) is 18.9. The van der Waals surface area contributed by atoms with Crippen LogP contribution in [0.1, 0.15) is 18.1 Å². The van der Waals surface area contributed by atoms with Crippen molar-refractivity contribution in [3.63, 3.8) is 0 Å². The summed E-state index contributed by atoms with van der Waals surface area (Å²) in [5.74, 6) is 1.29. The highest BCUT2D eigenvalue weighted by Crippen LogP contribution is 2.32. The molecule has 29 heavy (non-hydrogen) atoms. The number of para-hydroxylation sites is 1. The Hall–Kier alpha value is -3.48. The predicted octanol–water partition coefficient (Wildman–Crippen LogP) is 2.60. The maximum Gasteiger partial charge on any atom is 0.231 e. The SMILES string of the molecule is CC(=O)N(CCNC(=O)Cc1c[nH]c2ccccc12)Cc1ccc2c(c1)OCO2. The number of aromatic nitrogens is 1. The highest BCUT2D eigenvalue weighted by atomic mass is 16.7. The number of amides is 2. The Morgan fingerprint density at radius 1 is 1.14 bits per heavy atom. The Kier molecular flexibility index (Phi) is 5.37. The molecule has 1 aromatic heterocycles. The van der Waals surface area contributed by atoms with Crippen LogP contribution in [0.2, 0.25) is 0 Å². The summed E-state index contributed by atoms with van der Waals surface area (Å²) in [4.78, 5) is 29.2. The van der Waals surface area contributed by atoms with Gasteiger partial charge in [0.05, 0.1) is 6.42 Å². The summed E-state index contributed by atoms with van der Waals surface area (Å²) >= 11 is 0. The molecule has 0 unspecified atom stereocenters. The summed E-state index contributed by atoms with van der Waals surface area (Å²) in [5, 5.41) is 3.96. The van der Waals surface area contributed by atoms with Gasteiger partial charge in [0.15, 0.2) is 11.5 Å². The molecule has 1 aliphatic heterocycles. The average molecular weight is 393 g/mol. The standard InChI is InChI=1S/C22H23N3O4/c1-15(26)25(13-16-6-7-20-21(10-16)29-14-28-20)9-8-23-22(27)11-17-12-24-19-5-3-2-4-18(17)19/h2-7,10,12,24H,8-9,11,13-14H2,1H3,(H,23,27). The molecule has 0 bridgehead atoms. The van der Waals surface area contributed by atoms with Crippen LogP contribution in [0.4, 0.5) is 0 Å². The van der Waals surface area contributed by atoms with Crippen molar-refractivity contribution in [2.24, 2.45) is 0 Å². The Morgan fingerprint density at radius 2 is 1.97 bits per heavy atom. The minimum absolute atomic E-state index is 0.0476. The number of nitrogens with zero attached hydrogens (tertiary/aromatic N) is 1. The molecule has 4 rings (SSSR count). The van der Waals surface area contributed by atoms with Crippen LogP contribution < -0.4 is 14.8 Å². The normalized spacial score (nSPS) is 12.2. The number of carbonyl (C=O) groups is 2. The minimum atomic E-state index is -0.0682. The van der Waals surface area contributed by atoms with Gasteiger partial charge in [-0.25, -0.2) is 0 Å². The zero-order chi connectivity index (χ0) is 20.2. The van der Waals surface area contributed by atoms with Crippen LogP contribution >= 0.6 is 0 Å². The summed E-state index contributed by atoms with van der Waals surface area (Å²) in [7, 11) is 0. The predicted molar refractivity (Wildman–Crippen MR) is 109 cm³/mol. The molecular formula is C22H23N3O4. The first-order valence-corrected chi connectivity index (χ1v) is 9.56. The van der Waals surface area contributed by atoms with Gasteiger partial charge in [-0.3, -0.25) is 9.59 Å². The van der Waals surface area contributed by atoms with E-state index < -0.39 is 0 Å². The largest absolute Gasteiger partial charge is 0.454 e. The Bertz CT molecular complexity index is 1040. The Labute approximate surface area is 168 Å². The first-order valence-electron chi connectivity index (χ1n) is 9.56. The molecule has 1 aliphatic rings. The van der Waals surface area contributed by atoms with E-state index in [1.165, 1.54) is 6.92 Å². The second kappa shape index (κ2) is 8.26. The molecule has 0 saturated heterocycles. The van der Waals surface area contributed by atoms with Crippen LogP contribution in [-0.2, 0) is 22.6 Å². The van der Waals surface area contributed by atoms with Crippen molar-refractivity contribution in [2.45, 2.75) is 19.9 Å². The molecule has 2 aromatic carbocycles. The quantitative estimate of drug-likeness (QED) is 0.646. The fraction of sp³-hybridized carbons (Fsp3) is 0.273. The number of carbonyl (C=O) groups excluding carboxylic acids is 2. The summed E-state index contributed by atoms with van der Waals surface area (Å²) in [6, 6.07) is 13.5. The molecule has 0 saturated carbocycles. The number of hydrogen-bond donors (Lipinski definition) is 2. The third-order valence-electron chi connectivity index (χ3n) is 4.99. The molecule has 7 heteroatoms. The molecule has 150 valence electrons. The number of hydrogen-bond acceptors (Lipinski definition) is 4. The van der Waals surface area contributed by atoms with Crippen LogP contribution in [0, 0.1) is 0 Å². The van der Waals surface area contributed by atoms with E-state index in [0.29, 0.717) is 37.6 Å². The van der Waals surface area contributed by atoms with Gasteiger partial charge in [-0.1, -0.05) is 24.3 Å². The van der Waals surface area contributed by atoms with E-state index in [0.717, 1.165) is 22.0 Å². The number of aromatic amines is 1. The van der Waals surface area contributed by atoms with Crippen molar-refractivity contribution < 1.29 is 19.1 Å². The van der Waals surface area contributed by atoms with Crippen molar-refractivity contribution in [2.75, 3.05) is 19.9 Å². The second-order valence-corrected chi connectivity index (χ2v) is 7.01. The fourth-order valence-corrected chi connectivity index (χ4v) is 3.45. The highest BCUT2D eigenvalue weighted by molar-refractivity contribution is 5.88. The lowest BCUT2D eigenvalue weighted by Gasteiger charge is -2.21. The zero-order valence-corrected chi connectivity index (χ0v) is 16.2. The number of fused-ring (bicyclic) bond motifs is 2. The topological polar surface area (TPSA) is 83.7 Å². The van der Waals surface area contributed by atoms with Crippen LogP contribution in [-0.4, -0.2) is 41.6 Å². The van der Waals surface area contributed by atoms with Gasteiger partial charge in [-0.2, -0.15) is 0 Å². The summed E-state index contributed by atoms with van der Waals surface area (Å²) < 4.78 is 10.7. The lowest BCUT2D eigenvalue weighted by molar-refractivity contribution is -0.130. The van der Waals surface area contributed by atoms with Crippen LogP contribution in [0.15, 0.2) is 48.7 Å². The monoisotopic (exact) mass is 393 g/mol. The van der Waals surface area contributed by atoms with Crippen molar-refractivity contribution in [3.8, 4) is 11.5 Å². The molecule has 0 radical (unpaired) electrons. The Morgan fingerprint density at radius 3 is 2.83 bits per heavy atom. The average Bonchev–Trinajstić information content (AvgIpc) is 3.34. The van der Waals surface area contributed by atoms with Gasteiger partial charge in [-0.15, -0.1) is 0 Å². The molecule has 3 aromatic rings. The fourth-order valence-electron chi connectivity index (χ4n) is 3.45. The van der Waals surface area contributed by atoms with Gasteiger partial charge < -0.3 is 24.7 Å². The van der Waals surface area contributed by atoms with Crippen LogP contribution in [0.5, 0.6) is 11.5 Å². The number of nitrogens with one attached hydrogen (secondary N) is 2. The number of H-pyrrole nitrogens is 1. The summed E-state index contributed by atoms with van der Waals surface area (Å²) in [6.07, 6.45) is 2.16. The molecule has 0 aliphatic carbocycles. The highest BCUT2D eigenvalue weighted by Gasteiger charge is 2.16. The third-order valence-corrected chi connectivity index (χ3v) is 4.99. The molecule has 2 heterocycles. The van der Waals surface area contributed by atoms with Gasteiger partial charge in [0.1, 0.15) is 0 Å². The summed E-state index contributed by atoms with van der Waals surface area (Å²) in [6.45, 7) is 3.03. The molecule has 0 spiro atoms. The van der Waals surface area contributed by atoms with Crippen molar-refractivity contribution >= 4 is 22.7 Å². The lowest BCUT2D eigenvalue weighted by atomic mass is 10.1. The second-order valence-electron chi connectivity index (χ2n) is 7.01. The lowest BCUT2D eigenvalue weighted by Crippen LogP contribution is -2.37. The van der Waals surface area contributed by atoms with Gasteiger partial charge in [0.25, 0.3) is 0 Å². The smallest absolute Gasteiger partial charge is 0.231 e. The van der Waals surface area contributed by atoms with Gasteiger partial charge >= 0.3 is 0 Å². The van der Waals surface area contributed by atoms with E-state index in [1.54, 1.807) is 4.90 Å². The van der Waals surface area contributed by atoms with E-state index in [9.17, 15) is 9.59 Å².